The molecule has 6 heteroatoms. The molecule has 106 valence electrons. The first-order chi connectivity index (χ1) is 9.49. The molecule has 0 saturated carbocycles. The topological polar surface area (TPSA) is 45.2 Å². The summed E-state index contributed by atoms with van der Waals surface area (Å²) in [6.07, 6.45) is 0. The summed E-state index contributed by atoms with van der Waals surface area (Å²) in [6.45, 7) is 3.97. The Kier molecular flexibility index (Phi) is 4.34. The Balaban J connectivity index is 2.15. The molecule has 0 atom stereocenters. The van der Waals surface area contributed by atoms with Crippen LogP contribution in [-0.4, -0.2) is 24.0 Å². The predicted molar refractivity (Wildman–Crippen MR) is 80.0 cm³/mol. The molecular weight excluding hydrogens is 277 g/mol. The smallest absolute Gasteiger partial charge is 0.275 e. The minimum absolute atomic E-state index is 0.194. The number of nitrogens with zero attached hydrogens (tertiary/aromatic N) is 2. The lowest BCUT2D eigenvalue weighted by Gasteiger charge is -2.24. The molecule has 0 radical (unpaired) electrons. The minimum Gasteiger partial charge on any atom is -0.370 e. The lowest BCUT2D eigenvalue weighted by atomic mass is 10.2. The molecular formula is C14H16FN3OS. The maximum absolute atomic E-state index is 14.0. The zero-order valence-electron chi connectivity index (χ0n) is 11.6. The van der Waals surface area contributed by atoms with Gasteiger partial charge in [0.25, 0.3) is 5.91 Å². The highest BCUT2D eigenvalue weighted by Crippen LogP contribution is 2.23. The van der Waals surface area contributed by atoms with E-state index in [1.54, 1.807) is 23.0 Å². The van der Waals surface area contributed by atoms with Crippen molar-refractivity contribution >= 4 is 28.6 Å². The number of amides is 1. The van der Waals surface area contributed by atoms with Crippen molar-refractivity contribution in [2.24, 2.45) is 0 Å². The molecule has 4 nitrogen and oxygen atoms in total. The highest BCUT2D eigenvalue weighted by molar-refractivity contribution is 7.07. The molecule has 1 N–H and O–H groups in total. The summed E-state index contributed by atoms with van der Waals surface area (Å²) in [5, 5.41) is 4.27. The summed E-state index contributed by atoms with van der Waals surface area (Å²) in [6, 6.07) is 4.85. The van der Waals surface area contributed by atoms with E-state index in [2.05, 4.69) is 10.3 Å². The number of benzene rings is 1. The van der Waals surface area contributed by atoms with Gasteiger partial charge in [0.2, 0.25) is 0 Å². The van der Waals surface area contributed by atoms with Crippen LogP contribution in [0.2, 0.25) is 0 Å². The Labute approximate surface area is 121 Å². The number of thiazole rings is 1. The Morgan fingerprint density at radius 1 is 1.45 bits per heavy atom. The number of halogens is 1. The number of rotatable bonds is 4. The molecule has 2 rings (SSSR count). The van der Waals surface area contributed by atoms with Crippen LogP contribution in [0.3, 0.4) is 0 Å². The number of nitrogens with one attached hydrogen (secondary N) is 1. The number of hydrogen-bond donors (Lipinski definition) is 1. The molecule has 0 fully saturated rings. The van der Waals surface area contributed by atoms with Crippen LogP contribution in [0.1, 0.15) is 24.3 Å². The first-order valence-corrected chi connectivity index (χ1v) is 7.15. The Bertz CT molecular complexity index is 598. The Morgan fingerprint density at radius 3 is 2.75 bits per heavy atom. The van der Waals surface area contributed by atoms with Gasteiger partial charge in [0.1, 0.15) is 11.5 Å². The molecule has 0 bridgehead atoms. The Hall–Kier alpha value is -1.95. The van der Waals surface area contributed by atoms with Crippen LogP contribution >= 0.6 is 11.3 Å². The molecule has 20 heavy (non-hydrogen) atoms. The van der Waals surface area contributed by atoms with Gasteiger partial charge in [0, 0.05) is 24.2 Å². The number of carbonyl (C=O) groups excluding carboxylic acids is 1. The van der Waals surface area contributed by atoms with Crippen molar-refractivity contribution in [1.82, 2.24) is 4.98 Å². The minimum atomic E-state index is -0.364. The van der Waals surface area contributed by atoms with Gasteiger partial charge in [-0.25, -0.2) is 9.37 Å². The molecule has 0 saturated heterocycles. The molecule has 1 aromatic heterocycles. The monoisotopic (exact) mass is 293 g/mol. The van der Waals surface area contributed by atoms with Crippen molar-refractivity contribution in [2.45, 2.75) is 19.9 Å². The van der Waals surface area contributed by atoms with E-state index in [0.29, 0.717) is 17.1 Å². The summed E-state index contributed by atoms with van der Waals surface area (Å²) in [4.78, 5) is 17.6. The number of carbonyl (C=O) groups is 1. The van der Waals surface area contributed by atoms with Crippen LogP contribution in [0.5, 0.6) is 0 Å². The first kappa shape index (κ1) is 14.5. The quantitative estimate of drug-likeness (QED) is 0.940. The van der Waals surface area contributed by atoms with Crippen LogP contribution < -0.4 is 10.2 Å². The SMILES string of the molecule is CC(C)N(C)c1ccc(NC(=O)c2cscn2)cc1F. The standard InChI is InChI=1S/C14H16FN3OS/c1-9(2)18(3)13-5-4-10(6-11(13)15)17-14(19)12-7-20-8-16-12/h4-9H,1-3H3,(H,17,19). The number of aromatic nitrogens is 1. The fourth-order valence-corrected chi connectivity index (χ4v) is 2.20. The maximum atomic E-state index is 14.0. The molecule has 0 spiro atoms. The zero-order chi connectivity index (χ0) is 14.7. The number of anilines is 2. The predicted octanol–water partition coefficient (Wildman–Crippen LogP) is 3.38. The molecule has 0 unspecified atom stereocenters. The molecule has 1 aromatic carbocycles. The van der Waals surface area contributed by atoms with Crippen molar-refractivity contribution < 1.29 is 9.18 Å². The van der Waals surface area contributed by atoms with Crippen molar-refractivity contribution in [3.05, 3.63) is 40.6 Å². The molecule has 1 amide bonds. The van der Waals surface area contributed by atoms with Gasteiger partial charge in [-0.2, -0.15) is 0 Å². The van der Waals surface area contributed by atoms with Crippen molar-refractivity contribution in [3.63, 3.8) is 0 Å². The van der Waals surface area contributed by atoms with Gasteiger partial charge in [-0.05, 0) is 32.0 Å². The van der Waals surface area contributed by atoms with Gasteiger partial charge in [0.15, 0.2) is 0 Å². The van der Waals surface area contributed by atoms with Gasteiger partial charge in [-0.3, -0.25) is 4.79 Å². The highest BCUT2D eigenvalue weighted by atomic mass is 32.1. The second kappa shape index (κ2) is 6.00. The summed E-state index contributed by atoms with van der Waals surface area (Å²) >= 11 is 1.34. The van der Waals surface area contributed by atoms with Gasteiger partial charge in [-0.15, -0.1) is 11.3 Å². The molecule has 2 aromatic rings. The Morgan fingerprint density at radius 2 is 2.20 bits per heavy atom. The van der Waals surface area contributed by atoms with Crippen molar-refractivity contribution in [2.75, 3.05) is 17.3 Å². The normalized spacial score (nSPS) is 10.7. The lowest BCUT2D eigenvalue weighted by molar-refractivity contribution is 0.102. The fraction of sp³-hybridized carbons (Fsp3) is 0.286. The number of hydrogen-bond acceptors (Lipinski definition) is 4. The third-order valence-electron chi connectivity index (χ3n) is 3.03. The largest absolute Gasteiger partial charge is 0.370 e. The van der Waals surface area contributed by atoms with Crippen molar-refractivity contribution in [1.29, 1.82) is 0 Å². The van der Waals surface area contributed by atoms with E-state index in [0.717, 1.165) is 0 Å². The highest BCUT2D eigenvalue weighted by Gasteiger charge is 2.13. The average Bonchev–Trinajstić information content (AvgIpc) is 2.92. The molecule has 0 aliphatic heterocycles. The van der Waals surface area contributed by atoms with E-state index in [4.69, 9.17) is 0 Å². The fourth-order valence-electron chi connectivity index (χ4n) is 1.67. The third-order valence-corrected chi connectivity index (χ3v) is 3.61. The van der Waals surface area contributed by atoms with Crippen LogP contribution in [0.25, 0.3) is 0 Å². The lowest BCUT2D eigenvalue weighted by Crippen LogP contribution is -2.26. The van der Waals surface area contributed by atoms with Crippen LogP contribution in [0.4, 0.5) is 15.8 Å². The van der Waals surface area contributed by atoms with Gasteiger partial charge in [-0.1, -0.05) is 0 Å². The third kappa shape index (κ3) is 3.14. The maximum Gasteiger partial charge on any atom is 0.275 e. The molecule has 0 aliphatic carbocycles. The summed E-state index contributed by atoms with van der Waals surface area (Å²) < 4.78 is 14.0. The van der Waals surface area contributed by atoms with E-state index in [1.807, 2.05) is 25.8 Å². The summed E-state index contributed by atoms with van der Waals surface area (Å²) in [5.74, 6) is -0.701. The van der Waals surface area contributed by atoms with E-state index < -0.39 is 0 Å². The van der Waals surface area contributed by atoms with E-state index in [1.165, 1.54) is 17.4 Å². The van der Waals surface area contributed by atoms with Crippen molar-refractivity contribution in [3.8, 4) is 0 Å². The van der Waals surface area contributed by atoms with Crippen LogP contribution in [-0.2, 0) is 0 Å². The molecule has 1 heterocycles. The average molecular weight is 293 g/mol. The van der Waals surface area contributed by atoms with Gasteiger partial charge >= 0.3 is 0 Å². The summed E-state index contributed by atoms with van der Waals surface area (Å²) in [5.41, 5.74) is 2.84. The first-order valence-electron chi connectivity index (χ1n) is 6.21. The second-order valence-corrected chi connectivity index (χ2v) is 5.42. The van der Waals surface area contributed by atoms with E-state index >= 15 is 0 Å². The zero-order valence-corrected chi connectivity index (χ0v) is 12.4. The van der Waals surface area contributed by atoms with E-state index in [-0.39, 0.29) is 17.8 Å². The van der Waals surface area contributed by atoms with Gasteiger partial charge in [0.05, 0.1) is 11.2 Å². The molecule has 0 aliphatic rings. The van der Waals surface area contributed by atoms with Crippen LogP contribution in [0, 0.1) is 5.82 Å². The van der Waals surface area contributed by atoms with Gasteiger partial charge < -0.3 is 10.2 Å². The van der Waals surface area contributed by atoms with Crippen LogP contribution in [0.15, 0.2) is 29.1 Å². The van der Waals surface area contributed by atoms with E-state index in [9.17, 15) is 9.18 Å². The second-order valence-electron chi connectivity index (χ2n) is 4.70. The summed E-state index contributed by atoms with van der Waals surface area (Å²) in [7, 11) is 1.83.